The molecule has 1 amide bonds. The molecule has 0 fully saturated rings. The molecular formula is C50H49N5O13Si-4. The number of amides is 1. The Balaban J connectivity index is 1.26. The first-order valence-corrected chi connectivity index (χ1v) is 24.6. The van der Waals surface area contributed by atoms with Crippen LogP contribution in [-0.2, 0) is 24.0 Å². The molecule has 0 spiro atoms. The van der Waals surface area contributed by atoms with E-state index in [0.717, 1.165) is 42.6 Å². The van der Waals surface area contributed by atoms with Gasteiger partial charge in [-0.2, -0.15) is 0 Å². The zero-order valence-corrected chi connectivity index (χ0v) is 39.8. The van der Waals surface area contributed by atoms with Crippen molar-refractivity contribution in [1.29, 1.82) is 0 Å². The Morgan fingerprint density at radius 3 is 1.80 bits per heavy atom. The molecule has 6 rings (SSSR count). The predicted octanol–water partition coefficient (Wildman–Crippen LogP) is -2.02. The number of benzene rings is 4. The van der Waals surface area contributed by atoms with Gasteiger partial charge in [0.25, 0.3) is 0 Å². The number of carboxylic acid groups (broad SMARTS) is 5. The Labute approximate surface area is 398 Å². The average molecular weight is 956 g/mol. The third kappa shape index (κ3) is 11.9. The molecule has 18 nitrogen and oxygen atoms in total. The van der Waals surface area contributed by atoms with Crippen molar-refractivity contribution in [2.24, 2.45) is 0 Å². The zero-order valence-electron chi connectivity index (χ0n) is 38.8. The molecule has 1 N–H and O–H groups in total. The number of hydrogen-bond donors (Lipinski definition) is 1. The van der Waals surface area contributed by atoms with Gasteiger partial charge in [0.1, 0.15) is 46.9 Å². The monoisotopic (exact) mass is 955 g/mol. The van der Waals surface area contributed by atoms with Gasteiger partial charge >= 0.3 is 0 Å². The van der Waals surface area contributed by atoms with Crippen LogP contribution in [0.25, 0.3) is 5.57 Å². The quantitative estimate of drug-likeness (QED) is 0.0537. The van der Waals surface area contributed by atoms with Crippen molar-refractivity contribution in [3.8, 4) is 11.5 Å². The average Bonchev–Trinajstić information content (AvgIpc) is 3.27. The number of carboxylic acids is 5. The maximum atomic E-state index is 13.8. The molecule has 2 aliphatic rings. The molecular weight excluding hydrogens is 907 g/mol. The van der Waals surface area contributed by atoms with Gasteiger partial charge in [-0.15, -0.1) is 0 Å². The second kappa shape index (κ2) is 21.2. The lowest BCUT2D eigenvalue weighted by atomic mass is 9.87. The van der Waals surface area contributed by atoms with Crippen LogP contribution in [0.3, 0.4) is 0 Å². The van der Waals surface area contributed by atoms with Crippen LogP contribution < -0.4 is 60.2 Å². The number of nitrogens with one attached hydrogen (secondary N) is 1. The first-order valence-electron chi connectivity index (χ1n) is 21.6. The van der Waals surface area contributed by atoms with E-state index in [9.17, 15) is 54.3 Å². The molecule has 360 valence electrons. The van der Waals surface area contributed by atoms with Crippen LogP contribution in [0.15, 0.2) is 108 Å². The van der Waals surface area contributed by atoms with E-state index in [-0.39, 0.29) is 53.9 Å². The van der Waals surface area contributed by atoms with E-state index in [0.29, 0.717) is 16.8 Å². The van der Waals surface area contributed by atoms with E-state index in [2.05, 4.69) is 24.5 Å². The summed E-state index contributed by atoms with van der Waals surface area (Å²) in [6.07, 6.45) is 6.20. The standard InChI is InChI=1S/C50H53N5O13Si/c1-30-11-17-38(54(26-45(57)58)27-46(59)60)40(21-30)67-19-20-68-41-22-31(12-18-39(41)55(28-47(61)62)29-48(63)64)51-44(56)25-53(4)33-14-16-37-43(24-33)69(5,6)42-23-32(52(2)3)13-15-36(42)49(37)34-9-7-8-10-35(34)50(65)66/h7-18,21-24H,19-20,25-29H2,1-6H3,(H5-,51,56,57,58,59,60,61,62,63,64,65,66)/p-4. The highest BCUT2D eigenvalue weighted by Gasteiger charge is 2.41. The molecule has 4 aromatic carbocycles. The molecule has 1 heterocycles. The summed E-state index contributed by atoms with van der Waals surface area (Å²) >= 11 is 0. The smallest absolute Gasteiger partial charge is 0.243 e. The molecule has 69 heavy (non-hydrogen) atoms. The van der Waals surface area contributed by atoms with Gasteiger partial charge in [0.2, 0.25) is 5.91 Å². The second-order valence-electron chi connectivity index (χ2n) is 17.1. The molecule has 0 bridgehead atoms. The van der Waals surface area contributed by atoms with Gasteiger partial charge < -0.3 is 79.0 Å². The fourth-order valence-electron chi connectivity index (χ4n) is 8.36. The summed E-state index contributed by atoms with van der Waals surface area (Å²) in [6.45, 7) is 2.27. The Kier molecular flexibility index (Phi) is 15.4. The van der Waals surface area contributed by atoms with Gasteiger partial charge in [0.15, 0.2) is 5.71 Å². The van der Waals surface area contributed by atoms with Crippen molar-refractivity contribution in [3.05, 3.63) is 130 Å². The van der Waals surface area contributed by atoms with Gasteiger partial charge in [-0.3, -0.25) is 4.79 Å². The van der Waals surface area contributed by atoms with Crippen molar-refractivity contribution >= 4 is 83.0 Å². The Morgan fingerprint density at radius 1 is 0.667 bits per heavy atom. The van der Waals surface area contributed by atoms with Crippen molar-refractivity contribution in [3.63, 3.8) is 0 Å². The van der Waals surface area contributed by atoms with Crippen molar-refractivity contribution < 1.29 is 68.3 Å². The maximum Gasteiger partial charge on any atom is 0.243 e. The van der Waals surface area contributed by atoms with E-state index in [1.165, 1.54) is 30.3 Å². The lowest BCUT2D eigenvalue weighted by Crippen LogP contribution is -2.50. The van der Waals surface area contributed by atoms with E-state index >= 15 is 0 Å². The Hall–Kier alpha value is -8.19. The zero-order chi connectivity index (χ0) is 50.3. The van der Waals surface area contributed by atoms with Crippen molar-refractivity contribution in [2.45, 2.75) is 20.0 Å². The molecule has 1 aliphatic heterocycles. The molecule has 4 aromatic rings. The predicted molar refractivity (Wildman–Crippen MR) is 250 cm³/mol. The van der Waals surface area contributed by atoms with E-state index in [1.54, 1.807) is 49.2 Å². The normalized spacial score (nSPS) is 13.3. The highest BCUT2D eigenvalue weighted by Crippen LogP contribution is 2.43. The van der Waals surface area contributed by atoms with Crippen LogP contribution in [0, 0.1) is 6.92 Å². The highest BCUT2D eigenvalue weighted by molar-refractivity contribution is 6.98. The van der Waals surface area contributed by atoms with Crippen molar-refractivity contribution in [2.75, 3.05) is 87.1 Å². The van der Waals surface area contributed by atoms with Gasteiger partial charge in [-0.05, 0) is 87.6 Å². The molecule has 19 heteroatoms. The van der Waals surface area contributed by atoms with Crippen LogP contribution in [0.5, 0.6) is 11.5 Å². The number of aromatic carboxylic acids is 1. The Bertz CT molecular complexity index is 2830. The fourth-order valence-corrected chi connectivity index (χ4v) is 11.4. The molecule has 0 radical (unpaired) electrons. The molecule has 0 aromatic heterocycles. The maximum absolute atomic E-state index is 13.8. The van der Waals surface area contributed by atoms with Crippen LogP contribution in [-0.4, -0.2) is 121 Å². The molecule has 1 aliphatic carbocycles. The highest BCUT2D eigenvalue weighted by atomic mass is 28.3. The van der Waals surface area contributed by atoms with Gasteiger partial charge in [-0.1, -0.05) is 49.5 Å². The van der Waals surface area contributed by atoms with Crippen molar-refractivity contribution in [1.82, 2.24) is 0 Å². The summed E-state index contributed by atoms with van der Waals surface area (Å²) in [6, 6.07) is 21.4. The fraction of sp³-hybridized carbons (Fsp3) is 0.260. The third-order valence-corrected chi connectivity index (χ3v) is 15.1. The minimum Gasteiger partial charge on any atom is -0.548 e. The summed E-state index contributed by atoms with van der Waals surface area (Å²) < 4.78 is 13.9. The molecule has 0 atom stereocenters. The summed E-state index contributed by atoms with van der Waals surface area (Å²) in [5.74, 6) is -7.98. The number of anilines is 4. The van der Waals surface area contributed by atoms with Crippen LogP contribution in [0.1, 0.15) is 27.0 Å². The van der Waals surface area contributed by atoms with E-state index < -0.39 is 70.0 Å². The lowest BCUT2D eigenvalue weighted by molar-refractivity contribution is -0.462. The summed E-state index contributed by atoms with van der Waals surface area (Å²) in [5, 5.41) is 63.7. The number of hydrogen-bond acceptors (Lipinski definition) is 16. The summed E-state index contributed by atoms with van der Waals surface area (Å²) in [5.41, 5.74) is 5.90. The van der Waals surface area contributed by atoms with E-state index in [1.807, 2.05) is 49.0 Å². The number of likely N-dealkylation sites (N-methyl/N-ethyl adjacent to an activating group) is 1. The summed E-state index contributed by atoms with van der Waals surface area (Å²) in [4.78, 5) is 76.1. The molecule has 0 saturated heterocycles. The lowest BCUT2D eigenvalue weighted by Gasteiger charge is -2.38. The van der Waals surface area contributed by atoms with Crippen LogP contribution >= 0.6 is 0 Å². The van der Waals surface area contributed by atoms with Gasteiger partial charge in [0, 0.05) is 42.2 Å². The third-order valence-electron chi connectivity index (χ3n) is 11.6. The number of aliphatic carboxylic acids is 4. The number of rotatable bonds is 21. The SMILES string of the molecule is Cc1ccc(N(CC(=O)[O-])CC(=O)[O-])c(OCCOc2cc(NC(=O)CN(C)c3ccc4c(c3)[Si](C)(C)C3=CC(=[N+](C)C)C=CC3=C4c3ccccc3C(=O)[O-])ccc2N(CC(=O)[O-])CC(=O)[O-])c1. The minimum absolute atomic E-state index is 0.00221. The largest absolute Gasteiger partial charge is 0.548 e. The van der Waals surface area contributed by atoms with E-state index in [4.69, 9.17) is 9.47 Å². The second-order valence-corrected chi connectivity index (χ2v) is 21.5. The number of nitrogens with zero attached hydrogens (tertiary/aromatic N) is 4. The number of allylic oxidation sites excluding steroid dienone is 5. The van der Waals surface area contributed by atoms with Crippen LogP contribution in [0.2, 0.25) is 13.1 Å². The number of fused-ring (bicyclic) bond motifs is 2. The first kappa shape index (κ1) is 50.2. The Morgan fingerprint density at radius 2 is 1.23 bits per heavy atom. The molecule has 0 saturated carbocycles. The number of aryl methyl sites for hydroxylation is 1. The molecule has 0 unspecified atom stereocenters. The number of carbonyl (C=O) groups excluding carboxylic acids is 6. The number of carbonyl (C=O) groups is 6. The topological polar surface area (TPSA) is 261 Å². The summed E-state index contributed by atoms with van der Waals surface area (Å²) in [7, 11) is 3.16. The number of ether oxygens (including phenoxy) is 2. The minimum atomic E-state index is -2.50. The van der Waals surface area contributed by atoms with Gasteiger partial charge in [0.05, 0.1) is 73.9 Å². The van der Waals surface area contributed by atoms with Gasteiger partial charge in [-0.25, -0.2) is 4.58 Å². The van der Waals surface area contributed by atoms with Crippen LogP contribution in [0.4, 0.5) is 22.7 Å². The first-order chi connectivity index (χ1) is 32.6.